The van der Waals surface area contributed by atoms with Gasteiger partial charge in [0.05, 0.1) is 18.3 Å². The molecule has 11 nitrogen and oxygen atoms in total. The maximum atomic E-state index is 13.6. The maximum Gasteiger partial charge on any atom is 0.469 e. The lowest BCUT2D eigenvalue weighted by Crippen LogP contribution is -2.39. The highest BCUT2D eigenvalue weighted by Crippen LogP contribution is 2.46. The summed E-state index contributed by atoms with van der Waals surface area (Å²) in [5, 5.41) is 5.97. The van der Waals surface area contributed by atoms with Crippen LogP contribution in [-0.2, 0) is 21.8 Å². The van der Waals surface area contributed by atoms with Crippen LogP contribution in [-0.4, -0.2) is 57.5 Å². The molecule has 15 heteroatoms. The van der Waals surface area contributed by atoms with Crippen LogP contribution in [0.15, 0.2) is 24.4 Å². The number of hydrogen-bond donors (Lipinski definition) is 4. The van der Waals surface area contributed by atoms with Crippen LogP contribution in [0.2, 0.25) is 0 Å². The molecule has 2 aromatic rings. The normalized spacial score (nSPS) is 24.1. The van der Waals surface area contributed by atoms with Gasteiger partial charge in [0.1, 0.15) is 17.1 Å². The third kappa shape index (κ3) is 7.48. The molecule has 224 valence electrons. The minimum Gasteiger partial charge on any atom is -0.493 e. The molecule has 5 rings (SSSR count). The van der Waals surface area contributed by atoms with Crippen LogP contribution in [0.25, 0.3) is 0 Å². The van der Waals surface area contributed by atoms with E-state index in [1.54, 1.807) is 6.92 Å². The molecule has 0 radical (unpaired) electrons. The monoisotopic (exact) mass is 599 g/mol. The van der Waals surface area contributed by atoms with Gasteiger partial charge in [-0.15, -0.1) is 0 Å². The Morgan fingerprint density at radius 1 is 1.17 bits per heavy atom. The molecule has 0 bridgehead atoms. The van der Waals surface area contributed by atoms with Gasteiger partial charge in [-0.25, -0.2) is 9.55 Å². The number of nitrogens with zero attached hydrogens (tertiary/aromatic N) is 3. The van der Waals surface area contributed by atoms with Gasteiger partial charge in [0.25, 0.3) is 5.91 Å². The van der Waals surface area contributed by atoms with Gasteiger partial charge in [0, 0.05) is 31.9 Å². The number of amides is 1. The average molecular weight is 600 g/mol. The Hall–Kier alpha value is -2.93. The van der Waals surface area contributed by atoms with Crippen LogP contribution in [0.1, 0.15) is 60.5 Å². The molecule has 1 aliphatic heterocycles. The van der Waals surface area contributed by atoms with E-state index in [1.807, 2.05) is 4.90 Å². The molecule has 4 N–H and O–H groups in total. The van der Waals surface area contributed by atoms with Crippen molar-refractivity contribution in [2.24, 2.45) is 11.8 Å². The highest BCUT2D eigenvalue weighted by molar-refractivity contribution is 7.46. The van der Waals surface area contributed by atoms with E-state index >= 15 is 0 Å². The Labute approximate surface area is 235 Å². The van der Waals surface area contributed by atoms with Crippen LogP contribution in [0, 0.1) is 11.8 Å². The molecule has 2 heterocycles. The summed E-state index contributed by atoms with van der Waals surface area (Å²) in [5.41, 5.74) is -0.401. The first kappa shape index (κ1) is 29.6. The van der Waals surface area contributed by atoms with E-state index in [1.165, 1.54) is 24.8 Å². The summed E-state index contributed by atoms with van der Waals surface area (Å²) in [6.45, 7) is 3.33. The predicted molar refractivity (Wildman–Crippen MR) is 142 cm³/mol. The highest BCUT2D eigenvalue weighted by atomic mass is 31.2. The van der Waals surface area contributed by atoms with Crippen LogP contribution in [0.4, 0.5) is 24.9 Å². The van der Waals surface area contributed by atoms with Crippen molar-refractivity contribution in [3.63, 3.8) is 0 Å². The number of rotatable bonds is 10. The van der Waals surface area contributed by atoms with E-state index in [9.17, 15) is 22.5 Å². The number of carbonyl (C=O) groups excluding carboxylic acids is 1. The number of phosphoric acid groups is 1. The van der Waals surface area contributed by atoms with Gasteiger partial charge in [-0.1, -0.05) is 6.07 Å². The number of benzene rings is 1. The van der Waals surface area contributed by atoms with E-state index in [4.69, 9.17) is 19.0 Å². The molecule has 1 amide bonds. The molecule has 2 unspecified atom stereocenters. The minimum atomic E-state index is -4.60. The van der Waals surface area contributed by atoms with E-state index in [-0.39, 0.29) is 36.3 Å². The number of carbonyl (C=O) groups is 1. The Bertz CT molecular complexity index is 1310. The van der Waals surface area contributed by atoms with Gasteiger partial charge in [-0.05, 0) is 68.6 Å². The van der Waals surface area contributed by atoms with E-state index in [0.29, 0.717) is 49.0 Å². The lowest BCUT2D eigenvalue weighted by Gasteiger charge is -2.29. The van der Waals surface area contributed by atoms with Crippen LogP contribution in [0.3, 0.4) is 0 Å². The lowest BCUT2D eigenvalue weighted by atomic mass is 9.93. The Balaban J connectivity index is 1.31. The minimum absolute atomic E-state index is 0.0255. The van der Waals surface area contributed by atoms with Gasteiger partial charge in [-0.2, -0.15) is 18.2 Å². The number of phosphoric ester groups is 1. The molecular weight excluding hydrogens is 566 g/mol. The molecule has 2 aliphatic carbocycles. The largest absolute Gasteiger partial charge is 0.493 e. The first-order valence-corrected chi connectivity index (χ1v) is 15.2. The fourth-order valence-corrected chi connectivity index (χ4v) is 6.13. The van der Waals surface area contributed by atoms with Crippen molar-refractivity contribution in [3.8, 4) is 5.75 Å². The number of ether oxygens (including phenoxy) is 1. The summed E-state index contributed by atoms with van der Waals surface area (Å²) in [6, 6.07) is 3.58. The van der Waals surface area contributed by atoms with Gasteiger partial charge < -0.3 is 30.1 Å². The van der Waals surface area contributed by atoms with E-state index < -0.39 is 31.6 Å². The third-order valence-electron chi connectivity index (χ3n) is 7.69. The molecule has 1 aromatic carbocycles. The zero-order chi connectivity index (χ0) is 29.4. The summed E-state index contributed by atoms with van der Waals surface area (Å²) in [4.78, 5) is 42.4. The predicted octanol–water partition coefficient (Wildman–Crippen LogP) is 4.11. The summed E-state index contributed by atoms with van der Waals surface area (Å²) in [5.74, 6) is 1.19. The average Bonchev–Trinajstić information content (AvgIpc) is 3.52. The fraction of sp³-hybridized carbons (Fsp3) is 0.577. The standard InChI is InChI=1S/C26H33F3N5O6P/c1-2-39-22-8-3-15(9-21(22)26(27,28)29)11-30-23-20(12-31-25(33-23)34-13-16-10-17(16)14-34)24(35)32-18-4-6-19(7-5-18)40-41(36,37)38/h3,8-9,12,16-19H,2,4-7,10-11,13-14H2,1H3,(H,32,35)(H,30,31,33)(H2,36,37,38). The zero-order valence-corrected chi connectivity index (χ0v) is 23.3. The van der Waals surface area contributed by atoms with Crippen LogP contribution < -0.4 is 20.3 Å². The number of halogens is 3. The van der Waals surface area contributed by atoms with E-state index in [0.717, 1.165) is 19.2 Å². The SMILES string of the molecule is CCOc1ccc(CNc2nc(N3CC4CC4C3)ncc2C(=O)NC2CCC(OP(=O)(O)O)CC2)cc1C(F)(F)F. The van der Waals surface area contributed by atoms with Gasteiger partial charge >= 0.3 is 14.0 Å². The molecule has 1 saturated heterocycles. The molecule has 2 saturated carbocycles. The highest BCUT2D eigenvalue weighted by Gasteiger charge is 2.46. The summed E-state index contributed by atoms with van der Waals surface area (Å²) in [7, 11) is -4.59. The second-order valence-electron chi connectivity index (χ2n) is 10.8. The van der Waals surface area contributed by atoms with Crippen molar-refractivity contribution in [2.45, 2.75) is 63.9 Å². The van der Waals surface area contributed by atoms with Crippen LogP contribution in [0.5, 0.6) is 5.75 Å². The summed E-state index contributed by atoms with van der Waals surface area (Å²) in [6.07, 6.45) is -0.928. The van der Waals surface area contributed by atoms with Crippen molar-refractivity contribution in [3.05, 3.63) is 41.1 Å². The fourth-order valence-electron chi connectivity index (χ4n) is 5.53. The zero-order valence-electron chi connectivity index (χ0n) is 22.4. The molecule has 41 heavy (non-hydrogen) atoms. The van der Waals surface area contributed by atoms with Crippen molar-refractivity contribution in [2.75, 3.05) is 29.9 Å². The van der Waals surface area contributed by atoms with Gasteiger partial charge in [-0.3, -0.25) is 9.32 Å². The van der Waals surface area contributed by atoms with Crippen molar-refractivity contribution < 1.29 is 41.6 Å². The molecule has 1 aromatic heterocycles. The Morgan fingerprint density at radius 2 is 1.88 bits per heavy atom. The molecule has 2 atom stereocenters. The number of anilines is 2. The topological polar surface area (TPSA) is 146 Å². The molecular formula is C26H33F3N5O6P. The molecule has 3 fully saturated rings. The number of aromatic nitrogens is 2. The smallest absolute Gasteiger partial charge is 0.469 e. The summed E-state index contributed by atoms with van der Waals surface area (Å²) < 4.78 is 62.0. The quantitative estimate of drug-likeness (QED) is 0.294. The second-order valence-corrected chi connectivity index (χ2v) is 11.9. The maximum absolute atomic E-state index is 13.6. The number of hydrogen-bond acceptors (Lipinski definition) is 8. The van der Waals surface area contributed by atoms with Crippen LogP contribution >= 0.6 is 7.82 Å². The number of piperidine rings is 1. The summed E-state index contributed by atoms with van der Waals surface area (Å²) >= 11 is 0. The van der Waals surface area contributed by atoms with E-state index in [2.05, 4.69) is 20.6 Å². The second kappa shape index (κ2) is 11.7. The Morgan fingerprint density at radius 3 is 2.51 bits per heavy atom. The van der Waals surface area contributed by atoms with Crippen molar-refractivity contribution in [1.29, 1.82) is 0 Å². The number of fused-ring (bicyclic) bond motifs is 1. The van der Waals surface area contributed by atoms with Gasteiger partial charge in [0.2, 0.25) is 5.95 Å². The van der Waals surface area contributed by atoms with Crippen molar-refractivity contribution >= 4 is 25.5 Å². The number of nitrogens with one attached hydrogen (secondary N) is 2. The Kier molecular flexibility index (Phi) is 8.47. The van der Waals surface area contributed by atoms with Crippen molar-refractivity contribution in [1.82, 2.24) is 15.3 Å². The van der Waals surface area contributed by atoms with Gasteiger partial charge in [0.15, 0.2) is 0 Å². The molecule has 0 spiro atoms. The number of alkyl halides is 3. The first-order chi connectivity index (χ1) is 19.4. The molecule has 3 aliphatic rings. The lowest BCUT2D eigenvalue weighted by molar-refractivity contribution is -0.139. The third-order valence-corrected chi connectivity index (χ3v) is 8.26. The first-order valence-electron chi connectivity index (χ1n) is 13.6.